The van der Waals surface area contributed by atoms with Gasteiger partial charge in [-0.05, 0) is 20.8 Å². The molecule has 1 N–H and O–H groups in total. The van der Waals surface area contributed by atoms with E-state index < -0.39 is 0 Å². The van der Waals surface area contributed by atoms with E-state index in [1.807, 2.05) is 6.92 Å². The Morgan fingerprint density at radius 1 is 1.19 bits per heavy atom. The number of piperazine rings is 1. The molecule has 0 saturated carbocycles. The molecule has 0 aliphatic carbocycles. The van der Waals surface area contributed by atoms with Crippen molar-refractivity contribution in [3.63, 3.8) is 0 Å². The molecule has 0 amide bonds. The van der Waals surface area contributed by atoms with Crippen LogP contribution in [0.25, 0.3) is 0 Å². The fraction of sp³-hybridized carbons (Fsp3) is 1.00. The maximum Gasteiger partial charge on any atom is 0.0749 e. The molecular weight excluding hydrogens is 204 g/mol. The lowest BCUT2D eigenvalue weighted by molar-refractivity contribution is -0.0207. The topological polar surface area (TPSA) is 35.9 Å². The molecule has 0 spiro atoms. The molecule has 96 valence electrons. The van der Waals surface area contributed by atoms with Crippen LogP contribution in [-0.4, -0.2) is 73.0 Å². The predicted octanol–water partition coefficient (Wildman–Crippen LogP) is 0.410. The number of ether oxygens (including phenoxy) is 1. The van der Waals surface area contributed by atoms with E-state index in [2.05, 4.69) is 23.6 Å². The highest BCUT2D eigenvalue weighted by molar-refractivity contribution is 4.79. The Bertz CT molecular complexity index is 199. The van der Waals surface area contributed by atoms with Gasteiger partial charge in [-0.1, -0.05) is 0 Å². The van der Waals surface area contributed by atoms with E-state index in [0.717, 1.165) is 39.3 Å². The molecule has 1 aliphatic rings. The summed E-state index contributed by atoms with van der Waals surface area (Å²) in [5.74, 6) is 0. The molecule has 1 aliphatic heterocycles. The molecule has 0 bridgehead atoms. The maximum absolute atomic E-state index is 9.32. The molecule has 1 atom stereocenters. The van der Waals surface area contributed by atoms with E-state index >= 15 is 0 Å². The highest BCUT2D eigenvalue weighted by Gasteiger charge is 2.24. The van der Waals surface area contributed by atoms with Gasteiger partial charge in [0.25, 0.3) is 0 Å². The number of β-amino-alcohol motifs (C(OH)–C–C–N with tert-alkyl or cyclic N) is 1. The number of methoxy groups -OCH3 is 1. The van der Waals surface area contributed by atoms with Crippen LogP contribution in [0.15, 0.2) is 0 Å². The zero-order chi connectivity index (χ0) is 12.2. The van der Waals surface area contributed by atoms with Gasteiger partial charge in [-0.3, -0.25) is 9.80 Å². The molecule has 0 aromatic rings. The van der Waals surface area contributed by atoms with Crippen molar-refractivity contribution < 1.29 is 9.84 Å². The minimum Gasteiger partial charge on any atom is -0.392 e. The third-order valence-electron chi connectivity index (χ3n) is 3.14. The average molecular weight is 230 g/mol. The molecule has 1 fully saturated rings. The van der Waals surface area contributed by atoms with Gasteiger partial charge in [0.1, 0.15) is 0 Å². The lowest BCUT2D eigenvalue weighted by Crippen LogP contribution is -2.51. The molecule has 1 unspecified atom stereocenters. The summed E-state index contributed by atoms with van der Waals surface area (Å²) in [6.07, 6.45) is -0.220. The van der Waals surface area contributed by atoms with Gasteiger partial charge in [-0.15, -0.1) is 0 Å². The highest BCUT2D eigenvalue weighted by Crippen LogP contribution is 2.12. The smallest absolute Gasteiger partial charge is 0.0749 e. The lowest BCUT2D eigenvalue weighted by atomic mass is 10.1. The molecule has 0 aromatic heterocycles. The maximum atomic E-state index is 9.32. The van der Waals surface area contributed by atoms with Crippen LogP contribution in [0, 0.1) is 0 Å². The molecule has 1 rings (SSSR count). The fourth-order valence-corrected chi connectivity index (χ4v) is 2.11. The van der Waals surface area contributed by atoms with Crippen molar-refractivity contribution >= 4 is 0 Å². The summed E-state index contributed by atoms with van der Waals surface area (Å²) < 4.78 is 5.44. The van der Waals surface area contributed by atoms with Crippen molar-refractivity contribution in [3.05, 3.63) is 0 Å². The Labute approximate surface area is 99.2 Å². The number of nitrogens with zero attached hydrogens (tertiary/aromatic N) is 2. The van der Waals surface area contributed by atoms with Crippen LogP contribution in [-0.2, 0) is 4.74 Å². The number of hydrogen-bond donors (Lipinski definition) is 1. The van der Waals surface area contributed by atoms with Crippen LogP contribution < -0.4 is 0 Å². The van der Waals surface area contributed by atoms with Crippen molar-refractivity contribution in [1.82, 2.24) is 9.80 Å². The van der Waals surface area contributed by atoms with Gasteiger partial charge in [0.05, 0.1) is 11.7 Å². The van der Waals surface area contributed by atoms with Crippen molar-refractivity contribution in [2.75, 3.05) is 46.4 Å². The summed E-state index contributed by atoms with van der Waals surface area (Å²) in [7, 11) is 1.77. The molecule has 1 heterocycles. The first-order valence-corrected chi connectivity index (χ1v) is 6.11. The SMILES string of the molecule is COC(C)(C)CN1CCN(CC(C)O)CC1. The zero-order valence-corrected chi connectivity index (χ0v) is 11.1. The van der Waals surface area contributed by atoms with Gasteiger partial charge in [-0.25, -0.2) is 0 Å². The van der Waals surface area contributed by atoms with Gasteiger partial charge in [0, 0.05) is 46.4 Å². The van der Waals surface area contributed by atoms with Crippen LogP contribution in [0.5, 0.6) is 0 Å². The minimum absolute atomic E-state index is 0.0631. The summed E-state index contributed by atoms with van der Waals surface area (Å²) >= 11 is 0. The number of hydrogen-bond acceptors (Lipinski definition) is 4. The second-order valence-corrected chi connectivity index (χ2v) is 5.39. The summed E-state index contributed by atoms with van der Waals surface area (Å²) in [6, 6.07) is 0. The van der Waals surface area contributed by atoms with Crippen molar-refractivity contribution in [3.8, 4) is 0 Å². The summed E-state index contributed by atoms with van der Waals surface area (Å²) in [5, 5.41) is 9.32. The summed E-state index contributed by atoms with van der Waals surface area (Å²) in [5.41, 5.74) is -0.0631. The van der Waals surface area contributed by atoms with E-state index in [1.54, 1.807) is 7.11 Å². The monoisotopic (exact) mass is 230 g/mol. The van der Waals surface area contributed by atoms with Gasteiger partial charge < -0.3 is 9.84 Å². The second kappa shape index (κ2) is 5.96. The van der Waals surface area contributed by atoms with E-state index in [-0.39, 0.29) is 11.7 Å². The highest BCUT2D eigenvalue weighted by atomic mass is 16.5. The lowest BCUT2D eigenvalue weighted by Gasteiger charge is -2.38. The molecule has 4 heteroatoms. The fourth-order valence-electron chi connectivity index (χ4n) is 2.11. The normalized spacial score (nSPS) is 22.3. The van der Waals surface area contributed by atoms with Crippen molar-refractivity contribution in [2.24, 2.45) is 0 Å². The summed E-state index contributed by atoms with van der Waals surface area (Å²) in [6.45, 7) is 12.1. The van der Waals surface area contributed by atoms with Crippen LogP contribution in [0.1, 0.15) is 20.8 Å². The number of rotatable bonds is 5. The third kappa shape index (κ3) is 4.78. The standard InChI is InChI=1S/C12H26N2O2/c1-11(15)9-13-5-7-14(8-6-13)10-12(2,3)16-4/h11,15H,5-10H2,1-4H3. The van der Waals surface area contributed by atoms with Crippen LogP contribution >= 0.6 is 0 Å². The Hall–Kier alpha value is -0.160. The average Bonchev–Trinajstić information content (AvgIpc) is 2.20. The zero-order valence-electron chi connectivity index (χ0n) is 11.1. The first-order chi connectivity index (χ1) is 7.43. The number of aliphatic hydroxyl groups excluding tert-OH is 1. The third-order valence-corrected chi connectivity index (χ3v) is 3.14. The Balaban J connectivity index is 2.27. The quantitative estimate of drug-likeness (QED) is 0.742. The van der Waals surface area contributed by atoms with E-state index in [4.69, 9.17) is 4.74 Å². The van der Waals surface area contributed by atoms with Crippen LogP contribution in [0.4, 0.5) is 0 Å². The van der Waals surface area contributed by atoms with Crippen molar-refractivity contribution in [2.45, 2.75) is 32.5 Å². The summed E-state index contributed by atoms with van der Waals surface area (Å²) in [4.78, 5) is 4.75. The van der Waals surface area contributed by atoms with Gasteiger partial charge >= 0.3 is 0 Å². The largest absolute Gasteiger partial charge is 0.392 e. The van der Waals surface area contributed by atoms with E-state index in [0.29, 0.717) is 0 Å². The Kier molecular flexibility index (Phi) is 5.18. The number of aliphatic hydroxyl groups is 1. The van der Waals surface area contributed by atoms with Crippen molar-refractivity contribution in [1.29, 1.82) is 0 Å². The minimum atomic E-state index is -0.220. The molecule has 4 nitrogen and oxygen atoms in total. The molecule has 16 heavy (non-hydrogen) atoms. The second-order valence-electron chi connectivity index (χ2n) is 5.39. The molecule has 0 radical (unpaired) electrons. The Morgan fingerprint density at radius 2 is 1.69 bits per heavy atom. The predicted molar refractivity (Wildman–Crippen MR) is 65.6 cm³/mol. The van der Waals surface area contributed by atoms with Gasteiger partial charge in [0.15, 0.2) is 0 Å². The first-order valence-electron chi connectivity index (χ1n) is 6.11. The van der Waals surface area contributed by atoms with E-state index in [9.17, 15) is 5.11 Å². The van der Waals surface area contributed by atoms with Crippen LogP contribution in [0.2, 0.25) is 0 Å². The molecular formula is C12H26N2O2. The van der Waals surface area contributed by atoms with Gasteiger partial charge in [-0.2, -0.15) is 0 Å². The van der Waals surface area contributed by atoms with Crippen LogP contribution in [0.3, 0.4) is 0 Å². The van der Waals surface area contributed by atoms with E-state index in [1.165, 1.54) is 0 Å². The molecule has 1 saturated heterocycles. The molecule has 0 aromatic carbocycles. The Morgan fingerprint density at radius 3 is 2.12 bits per heavy atom. The van der Waals surface area contributed by atoms with Gasteiger partial charge in [0.2, 0.25) is 0 Å². The first kappa shape index (κ1) is 13.9.